The van der Waals surface area contributed by atoms with Crippen molar-refractivity contribution in [2.75, 3.05) is 5.32 Å². The molecule has 0 saturated carbocycles. The topological polar surface area (TPSA) is 77.8 Å². The van der Waals surface area contributed by atoms with Gasteiger partial charge in [0.15, 0.2) is 0 Å². The Bertz CT molecular complexity index is 975. The SMILES string of the molecule is Cc1cccc(CNC(=O)c2cc(Nc3cccc(C#N)c3)ccn2)c1. The Kier molecular flexibility index (Phi) is 5.25. The maximum absolute atomic E-state index is 12.4. The van der Waals surface area contributed by atoms with Crippen molar-refractivity contribution in [3.63, 3.8) is 0 Å². The lowest BCUT2D eigenvalue weighted by Gasteiger charge is -2.09. The third kappa shape index (κ3) is 4.46. The van der Waals surface area contributed by atoms with E-state index >= 15 is 0 Å². The molecule has 0 aliphatic carbocycles. The van der Waals surface area contributed by atoms with Crippen LogP contribution in [-0.4, -0.2) is 10.9 Å². The van der Waals surface area contributed by atoms with Crippen LogP contribution in [0.4, 0.5) is 11.4 Å². The number of nitrogens with one attached hydrogen (secondary N) is 2. The monoisotopic (exact) mass is 342 g/mol. The van der Waals surface area contributed by atoms with Gasteiger partial charge in [-0.2, -0.15) is 5.26 Å². The van der Waals surface area contributed by atoms with Crippen molar-refractivity contribution in [3.05, 3.63) is 89.2 Å². The minimum Gasteiger partial charge on any atom is -0.355 e. The van der Waals surface area contributed by atoms with E-state index in [9.17, 15) is 4.79 Å². The van der Waals surface area contributed by atoms with E-state index in [1.807, 2.05) is 37.3 Å². The summed E-state index contributed by atoms with van der Waals surface area (Å²) in [4.78, 5) is 16.5. The lowest BCUT2D eigenvalue weighted by Crippen LogP contribution is -2.23. The fraction of sp³-hybridized carbons (Fsp3) is 0.0952. The molecule has 3 aromatic rings. The second kappa shape index (κ2) is 7.95. The van der Waals surface area contributed by atoms with Gasteiger partial charge in [0.1, 0.15) is 5.69 Å². The van der Waals surface area contributed by atoms with Gasteiger partial charge in [-0.25, -0.2) is 0 Å². The number of aromatic nitrogens is 1. The molecule has 0 aliphatic heterocycles. The van der Waals surface area contributed by atoms with Gasteiger partial charge in [0.05, 0.1) is 11.6 Å². The quantitative estimate of drug-likeness (QED) is 0.736. The van der Waals surface area contributed by atoms with E-state index in [-0.39, 0.29) is 5.91 Å². The number of hydrogen-bond acceptors (Lipinski definition) is 4. The molecule has 0 saturated heterocycles. The van der Waals surface area contributed by atoms with Crippen LogP contribution in [-0.2, 0) is 6.54 Å². The standard InChI is InChI=1S/C21H18N4O/c1-15-4-2-6-17(10-15)14-24-21(26)20-12-19(8-9-23-20)25-18-7-3-5-16(11-18)13-22/h2-12H,14H2,1H3,(H,23,25)(H,24,26). The molecule has 5 nitrogen and oxygen atoms in total. The summed E-state index contributed by atoms with van der Waals surface area (Å²) in [5.74, 6) is -0.235. The number of pyridine rings is 1. The first-order valence-electron chi connectivity index (χ1n) is 8.21. The molecule has 0 aliphatic rings. The van der Waals surface area contributed by atoms with Gasteiger partial charge in [0, 0.05) is 24.1 Å². The average molecular weight is 342 g/mol. The number of benzene rings is 2. The number of carbonyl (C=O) groups excluding carboxylic acids is 1. The number of anilines is 2. The molecular formula is C21H18N4O. The van der Waals surface area contributed by atoms with Gasteiger partial charge in [-0.05, 0) is 42.8 Å². The summed E-state index contributed by atoms with van der Waals surface area (Å²) in [5.41, 5.74) is 4.61. The summed E-state index contributed by atoms with van der Waals surface area (Å²) >= 11 is 0. The first-order chi connectivity index (χ1) is 12.6. The minimum atomic E-state index is -0.235. The van der Waals surface area contributed by atoms with E-state index in [0.717, 1.165) is 22.5 Å². The molecule has 0 atom stereocenters. The molecule has 0 unspecified atom stereocenters. The molecule has 1 aromatic heterocycles. The maximum Gasteiger partial charge on any atom is 0.270 e. The van der Waals surface area contributed by atoms with Crippen molar-refractivity contribution >= 4 is 17.3 Å². The van der Waals surface area contributed by atoms with Gasteiger partial charge < -0.3 is 10.6 Å². The van der Waals surface area contributed by atoms with Crippen LogP contribution in [0.25, 0.3) is 0 Å². The van der Waals surface area contributed by atoms with Crippen molar-refractivity contribution in [2.45, 2.75) is 13.5 Å². The third-order valence-corrected chi connectivity index (χ3v) is 3.81. The van der Waals surface area contributed by atoms with Crippen LogP contribution < -0.4 is 10.6 Å². The lowest BCUT2D eigenvalue weighted by atomic mass is 10.1. The van der Waals surface area contributed by atoms with Gasteiger partial charge in [-0.3, -0.25) is 9.78 Å². The smallest absolute Gasteiger partial charge is 0.270 e. The van der Waals surface area contributed by atoms with Gasteiger partial charge in [0.2, 0.25) is 0 Å². The highest BCUT2D eigenvalue weighted by atomic mass is 16.1. The van der Waals surface area contributed by atoms with E-state index in [1.54, 1.807) is 36.5 Å². The molecule has 2 N–H and O–H groups in total. The van der Waals surface area contributed by atoms with Crippen LogP contribution in [0.2, 0.25) is 0 Å². The van der Waals surface area contributed by atoms with E-state index in [2.05, 4.69) is 21.7 Å². The summed E-state index contributed by atoms with van der Waals surface area (Å²) in [6.07, 6.45) is 1.58. The number of amides is 1. The van der Waals surface area contributed by atoms with Crippen LogP contribution in [0.15, 0.2) is 66.9 Å². The Balaban J connectivity index is 1.68. The first kappa shape index (κ1) is 17.2. The number of nitriles is 1. The predicted molar refractivity (Wildman–Crippen MR) is 101 cm³/mol. The molecular weight excluding hydrogens is 324 g/mol. The Morgan fingerprint density at radius 1 is 1.08 bits per heavy atom. The van der Waals surface area contributed by atoms with Crippen molar-refractivity contribution in [3.8, 4) is 6.07 Å². The molecule has 3 rings (SSSR count). The van der Waals surface area contributed by atoms with E-state index in [1.165, 1.54) is 0 Å². The second-order valence-electron chi connectivity index (χ2n) is 5.92. The number of rotatable bonds is 5. The maximum atomic E-state index is 12.4. The van der Waals surface area contributed by atoms with Crippen molar-refractivity contribution in [1.82, 2.24) is 10.3 Å². The highest BCUT2D eigenvalue weighted by Crippen LogP contribution is 2.18. The third-order valence-electron chi connectivity index (χ3n) is 3.81. The molecule has 5 heteroatoms. The van der Waals surface area contributed by atoms with E-state index in [4.69, 9.17) is 5.26 Å². The van der Waals surface area contributed by atoms with Crippen LogP contribution in [0.5, 0.6) is 0 Å². The highest BCUT2D eigenvalue weighted by Gasteiger charge is 2.08. The summed E-state index contributed by atoms with van der Waals surface area (Å²) in [7, 11) is 0. The van der Waals surface area contributed by atoms with Crippen LogP contribution in [0.1, 0.15) is 27.2 Å². The zero-order chi connectivity index (χ0) is 18.4. The van der Waals surface area contributed by atoms with Crippen molar-refractivity contribution in [1.29, 1.82) is 5.26 Å². The largest absolute Gasteiger partial charge is 0.355 e. The zero-order valence-electron chi connectivity index (χ0n) is 14.4. The minimum absolute atomic E-state index is 0.235. The van der Waals surface area contributed by atoms with Gasteiger partial charge in [0.25, 0.3) is 5.91 Å². The summed E-state index contributed by atoms with van der Waals surface area (Å²) < 4.78 is 0. The molecule has 2 aromatic carbocycles. The zero-order valence-corrected chi connectivity index (χ0v) is 14.4. The number of carbonyl (C=O) groups is 1. The first-order valence-corrected chi connectivity index (χ1v) is 8.21. The molecule has 26 heavy (non-hydrogen) atoms. The summed E-state index contributed by atoms with van der Waals surface area (Å²) in [6, 6.07) is 20.7. The average Bonchev–Trinajstić information content (AvgIpc) is 2.66. The molecule has 0 radical (unpaired) electrons. The Morgan fingerprint density at radius 2 is 1.88 bits per heavy atom. The molecule has 0 bridgehead atoms. The van der Waals surface area contributed by atoms with Crippen molar-refractivity contribution < 1.29 is 4.79 Å². The van der Waals surface area contributed by atoms with Crippen LogP contribution in [0.3, 0.4) is 0 Å². The summed E-state index contributed by atoms with van der Waals surface area (Å²) in [5, 5.41) is 15.0. The van der Waals surface area contributed by atoms with Crippen LogP contribution >= 0.6 is 0 Å². The predicted octanol–water partition coefficient (Wildman–Crippen LogP) is 3.94. The number of hydrogen-bond donors (Lipinski definition) is 2. The van der Waals surface area contributed by atoms with Crippen LogP contribution in [0, 0.1) is 18.3 Å². The normalized spacial score (nSPS) is 10.0. The lowest BCUT2D eigenvalue weighted by molar-refractivity contribution is 0.0946. The molecule has 0 spiro atoms. The van der Waals surface area contributed by atoms with E-state index in [0.29, 0.717) is 17.8 Å². The fourth-order valence-electron chi connectivity index (χ4n) is 2.56. The Morgan fingerprint density at radius 3 is 2.69 bits per heavy atom. The molecule has 128 valence electrons. The Hall–Kier alpha value is -3.65. The molecule has 0 fully saturated rings. The Labute approximate surface area is 152 Å². The highest BCUT2D eigenvalue weighted by molar-refractivity contribution is 5.93. The van der Waals surface area contributed by atoms with Gasteiger partial charge in [-0.15, -0.1) is 0 Å². The number of aryl methyl sites for hydroxylation is 1. The van der Waals surface area contributed by atoms with Gasteiger partial charge >= 0.3 is 0 Å². The number of nitrogens with zero attached hydrogens (tertiary/aromatic N) is 2. The summed E-state index contributed by atoms with van der Waals surface area (Å²) in [6.45, 7) is 2.47. The van der Waals surface area contributed by atoms with E-state index < -0.39 is 0 Å². The van der Waals surface area contributed by atoms with Gasteiger partial charge in [-0.1, -0.05) is 35.9 Å². The second-order valence-corrected chi connectivity index (χ2v) is 5.92. The van der Waals surface area contributed by atoms with Crippen molar-refractivity contribution in [2.24, 2.45) is 0 Å². The molecule has 1 heterocycles. The fourth-order valence-corrected chi connectivity index (χ4v) is 2.56. The molecule has 1 amide bonds.